The van der Waals surface area contributed by atoms with Gasteiger partial charge in [-0.1, -0.05) is 12.1 Å². The highest BCUT2D eigenvalue weighted by molar-refractivity contribution is 5.57. The molecule has 100 valence electrons. The predicted octanol–water partition coefficient (Wildman–Crippen LogP) is 3.38. The lowest BCUT2D eigenvalue weighted by Crippen LogP contribution is -2.12. The fourth-order valence-electron chi connectivity index (χ4n) is 1.94. The van der Waals surface area contributed by atoms with Gasteiger partial charge in [-0.3, -0.25) is 0 Å². The molecule has 2 rings (SSSR count). The zero-order valence-corrected chi connectivity index (χ0v) is 11.4. The van der Waals surface area contributed by atoms with E-state index in [0.29, 0.717) is 6.61 Å². The lowest BCUT2D eigenvalue weighted by atomic mass is 10.2. The van der Waals surface area contributed by atoms with Gasteiger partial charge in [0.25, 0.3) is 0 Å². The summed E-state index contributed by atoms with van der Waals surface area (Å²) in [4.78, 5) is 0. The van der Waals surface area contributed by atoms with Crippen LogP contribution in [0.1, 0.15) is 11.1 Å². The Hall–Kier alpha value is -2.16. The van der Waals surface area contributed by atoms with Gasteiger partial charge in [-0.25, -0.2) is 0 Å². The lowest BCUT2D eigenvalue weighted by Gasteiger charge is -2.11. The van der Waals surface area contributed by atoms with Crippen LogP contribution in [-0.2, 0) is 0 Å². The van der Waals surface area contributed by atoms with Crippen LogP contribution in [0.15, 0.2) is 42.5 Å². The quantitative estimate of drug-likeness (QED) is 0.637. The molecule has 19 heavy (non-hydrogen) atoms. The van der Waals surface area contributed by atoms with Crippen LogP contribution in [0.5, 0.6) is 5.75 Å². The molecule has 3 nitrogen and oxygen atoms in total. The van der Waals surface area contributed by atoms with Crippen LogP contribution in [0.4, 0.5) is 11.4 Å². The van der Waals surface area contributed by atoms with Crippen LogP contribution in [0.25, 0.3) is 0 Å². The molecule has 0 amide bonds. The highest BCUT2D eigenvalue weighted by Gasteiger charge is 1.98. The van der Waals surface area contributed by atoms with E-state index in [2.05, 4.69) is 18.3 Å². The molecule has 3 N–H and O–H groups in total. The molecule has 0 heterocycles. The van der Waals surface area contributed by atoms with Crippen LogP contribution >= 0.6 is 0 Å². The number of nitrogens with two attached hydrogens (primary N) is 1. The van der Waals surface area contributed by atoms with Gasteiger partial charge in [-0.15, -0.1) is 0 Å². The summed E-state index contributed by atoms with van der Waals surface area (Å²) in [5.74, 6) is 0.913. The third kappa shape index (κ3) is 3.91. The van der Waals surface area contributed by atoms with Crippen molar-refractivity contribution in [1.29, 1.82) is 0 Å². The smallest absolute Gasteiger partial charge is 0.119 e. The first-order valence-electron chi connectivity index (χ1n) is 6.44. The fourth-order valence-corrected chi connectivity index (χ4v) is 1.94. The SMILES string of the molecule is Cc1cccc(OCCNc2ccc(N)cc2C)c1. The molecule has 0 saturated carbocycles. The molecular formula is C16H20N2O. The van der Waals surface area contributed by atoms with Crippen molar-refractivity contribution in [2.24, 2.45) is 0 Å². The van der Waals surface area contributed by atoms with Crippen LogP contribution in [0.2, 0.25) is 0 Å². The Balaban J connectivity index is 1.81. The summed E-state index contributed by atoms with van der Waals surface area (Å²) < 4.78 is 5.68. The van der Waals surface area contributed by atoms with E-state index in [-0.39, 0.29) is 0 Å². The Morgan fingerprint density at radius 3 is 2.68 bits per heavy atom. The van der Waals surface area contributed by atoms with E-state index in [1.807, 2.05) is 43.3 Å². The summed E-state index contributed by atoms with van der Waals surface area (Å²) in [7, 11) is 0. The van der Waals surface area contributed by atoms with Crippen LogP contribution < -0.4 is 15.8 Å². The van der Waals surface area contributed by atoms with Gasteiger partial charge in [0.1, 0.15) is 12.4 Å². The van der Waals surface area contributed by atoms with Gasteiger partial charge in [0.05, 0.1) is 0 Å². The summed E-state index contributed by atoms with van der Waals surface area (Å²) in [6, 6.07) is 13.9. The van der Waals surface area contributed by atoms with Crippen molar-refractivity contribution < 1.29 is 4.74 Å². The van der Waals surface area contributed by atoms with Crippen LogP contribution in [0.3, 0.4) is 0 Å². The number of aryl methyl sites for hydroxylation is 2. The van der Waals surface area contributed by atoms with Gasteiger partial charge >= 0.3 is 0 Å². The van der Waals surface area contributed by atoms with E-state index in [1.165, 1.54) is 5.56 Å². The van der Waals surface area contributed by atoms with Gasteiger partial charge < -0.3 is 15.8 Å². The molecule has 0 aliphatic carbocycles. The normalized spacial score (nSPS) is 10.2. The van der Waals surface area contributed by atoms with Crippen LogP contribution in [-0.4, -0.2) is 13.2 Å². The van der Waals surface area contributed by atoms with Gasteiger partial charge in [0.2, 0.25) is 0 Å². The Morgan fingerprint density at radius 2 is 1.95 bits per heavy atom. The summed E-state index contributed by atoms with van der Waals surface area (Å²) in [6.45, 7) is 5.49. The van der Waals surface area contributed by atoms with Gasteiger partial charge in [-0.05, 0) is 55.3 Å². The first-order chi connectivity index (χ1) is 9.15. The molecule has 0 spiro atoms. The summed E-state index contributed by atoms with van der Waals surface area (Å²) in [5, 5.41) is 3.34. The molecule has 0 atom stereocenters. The molecular weight excluding hydrogens is 236 g/mol. The summed E-state index contributed by atoms with van der Waals surface area (Å²) in [6.07, 6.45) is 0. The van der Waals surface area contributed by atoms with Crippen LogP contribution in [0, 0.1) is 13.8 Å². The third-order valence-corrected chi connectivity index (χ3v) is 2.93. The number of hydrogen-bond donors (Lipinski definition) is 2. The van der Waals surface area contributed by atoms with Gasteiger partial charge in [0.15, 0.2) is 0 Å². The Kier molecular flexibility index (Phi) is 4.29. The Labute approximate surface area is 114 Å². The van der Waals surface area contributed by atoms with Crippen molar-refractivity contribution in [2.75, 3.05) is 24.2 Å². The van der Waals surface area contributed by atoms with Crippen molar-refractivity contribution in [3.8, 4) is 5.75 Å². The number of benzene rings is 2. The van der Waals surface area contributed by atoms with Gasteiger partial charge in [0, 0.05) is 17.9 Å². The summed E-state index contributed by atoms with van der Waals surface area (Å²) >= 11 is 0. The van der Waals surface area contributed by atoms with Gasteiger partial charge in [-0.2, -0.15) is 0 Å². The first kappa shape index (κ1) is 13.3. The van der Waals surface area contributed by atoms with Crippen molar-refractivity contribution in [1.82, 2.24) is 0 Å². The largest absolute Gasteiger partial charge is 0.492 e. The molecule has 2 aromatic carbocycles. The minimum atomic E-state index is 0.632. The molecule has 0 aliphatic rings. The Morgan fingerprint density at radius 1 is 1.11 bits per heavy atom. The number of anilines is 2. The predicted molar refractivity (Wildman–Crippen MR) is 80.8 cm³/mol. The highest BCUT2D eigenvalue weighted by Crippen LogP contribution is 2.17. The van der Waals surface area contributed by atoms with E-state index in [0.717, 1.165) is 29.2 Å². The molecule has 0 unspecified atom stereocenters. The highest BCUT2D eigenvalue weighted by atomic mass is 16.5. The zero-order valence-electron chi connectivity index (χ0n) is 11.4. The van der Waals surface area contributed by atoms with Crippen molar-refractivity contribution >= 4 is 11.4 Å². The minimum absolute atomic E-state index is 0.632. The second kappa shape index (κ2) is 6.14. The zero-order chi connectivity index (χ0) is 13.7. The van der Waals surface area contributed by atoms with E-state index in [9.17, 15) is 0 Å². The van der Waals surface area contributed by atoms with Crippen molar-refractivity contribution in [2.45, 2.75) is 13.8 Å². The average molecular weight is 256 g/mol. The molecule has 0 bridgehead atoms. The minimum Gasteiger partial charge on any atom is -0.492 e. The maximum atomic E-state index is 5.72. The number of ether oxygens (including phenoxy) is 1. The van der Waals surface area contributed by atoms with Crippen molar-refractivity contribution in [3.63, 3.8) is 0 Å². The maximum Gasteiger partial charge on any atom is 0.119 e. The number of nitrogens with one attached hydrogen (secondary N) is 1. The molecule has 3 heteroatoms. The van der Waals surface area contributed by atoms with E-state index in [1.54, 1.807) is 0 Å². The van der Waals surface area contributed by atoms with E-state index >= 15 is 0 Å². The molecule has 0 aliphatic heterocycles. The first-order valence-corrected chi connectivity index (χ1v) is 6.44. The summed E-state index contributed by atoms with van der Waals surface area (Å²) in [5.41, 5.74) is 9.97. The molecule has 0 fully saturated rings. The second-order valence-corrected chi connectivity index (χ2v) is 4.67. The monoisotopic (exact) mass is 256 g/mol. The fraction of sp³-hybridized carbons (Fsp3) is 0.250. The van der Waals surface area contributed by atoms with Crippen molar-refractivity contribution in [3.05, 3.63) is 53.6 Å². The second-order valence-electron chi connectivity index (χ2n) is 4.67. The number of rotatable bonds is 5. The maximum absolute atomic E-state index is 5.72. The lowest BCUT2D eigenvalue weighted by molar-refractivity contribution is 0.332. The third-order valence-electron chi connectivity index (χ3n) is 2.93. The standard InChI is InChI=1S/C16H20N2O/c1-12-4-3-5-15(10-12)19-9-8-18-16-7-6-14(17)11-13(16)2/h3-7,10-11,18H,8-9,17H2,1-2H3. The Bertz CT molecular complexity index is 552. The average Bonchev–Trinajstić information content (AvgIpc) is 2.37. The van der Waals surface area contributed by atoms with E-state index in [4.69, 9.17) is 10.5 Å². The molecule has 0 radical (unpaired) electrons. The number of hydrogen-bond acceptors (Lipinski definition) is 3. The van der Waals surface area contributed by atoms with E-state index < -0.39 is 0 Å². The molecule has 0 aromatic heterocycles. The number of nitrogen functional groups attached to an aromatic ring is 1. The molecule has 0 saturated heterocycles. The topological polar surface area (TPSA) is 47.3 Å². The molecule has 2 aromatic rings.